The van der Waals surface area contributed by atoms with E-state index in [9.17, 15) is 9.59 Å². The molecule has 6 heteroatoms. The highest BCUT2D eigenvalue weighted by Crippen LogP contribution is 2.25. The second-order valence-corrected chi connectivity index (χ2v) is 6.28. The number of nitrogens with one attached hydrogen (secondary N) is 2. The van der Waals surface area contributed by atoms with E-state index in [0.717, 1.165) is 13.1 Å². The zero-order valence-corrected chi connectivity index (χ0v) is 12.5. The normalized spacial score (nSPS) is 20.4. The smallest absolute Gasteiger partial charge is 0.251 e. The molecule has 1 fully saturated rings. The lowest BCUT2D eigenvalue weighted by atomic mass is 9.85. The fraction of sp³-hybridized carbons (Fsp3) is 0.571. The summed E-state index contributed by atoms with van der Waals surface area (Å²) in [5, 5.41) is 8.47. The van der Waals surface area contributed by atoms with E-state index < -0.39 is 5.91 Å². The average Bonchev–Trinajstić information content (AvgIpc) is 2.87. The Morgan fingerprint density at radius 1 is 1.60 bits per heavy atom. The van der Waals surface area contributed by atoms with E-state index in [-0.39, 0.29) is 5.91 Å². The Hall–Kier alpha value is -1.40. The molecule has 0 aliphatic carbocycles. The summed E-state index contributed by atoms with van der Waals surface area (Å²) in [5.41, 5.74) is 5.65. The van der Waals surface area contributed by atoms with Crippen molar-refractivity contribution >= 4 is 28.2 Å². The first-order valence-electron chi connectivity index (χ1n) is 6.95. The molecule has 5 nitrogen and oxygen atoms in total. The third-order valence-corrected chi connectivity index (χ3v) is 4.66. The quantitative estimate of drug-likeness (QED) is 0.774. The summed E-state index contributed by atoms with van der Waals surface area (Å²) in [6, 6.07) is 1.64. The topological polar surface area (TPSA) is 84.2 Å². The molecule has 0 saturated carbocycles. The lowest BCUT2D eigenvalue weighted by Gasteiger charge is -2.27. The van der Waals surface area contributed by atoms with Crippen LogP contribution in [-0.4, -0.2) is 24.9 Å². The third-order valence-electron chi connectivity index (χ3n) is 3.83. The molecule has 20 heavy (non-hydrogen) atoms. The van der Waals surface area contributed by atoms with Gasteiger partial charge in [0.15, 0.2) is 0 Å². The van der Waals surface area contributed by atoms with Gasteiger partial charge in [-0.1, -0.05) is 6.92 Å². The molecule has 2 unspecified atom stereocenters. The average molecular weight is 295 g/mol. The molecule has 110 valence electrons. The number of amides is 2. The maximum Gasteiger partial charge on any atom is 0.251 e. The van der Waals surface area contributed by atoms with E-state index in [0.29, 0.717) is 28.8 Å². The highest BCUT2D eigenvalue weighted by Gasteiger charge is 2.22. The summed E-state index contributed by atoms with van der Waals surface area (Å²) < 4.78 is 0. The molecule has 2 amide bonds. The number of hydrogen-bond acceptors (Lipinski definition) is 4. The van der Waals surface area contributed by atoms with E-state index in [1.165, 1.54) is 24.2 Å². The van der Waals surface area contributed by atoms with Gasteiger partial charge in [0.05, 0.1) is 5.56 Å². The molecule has 4 N–H and O–H groups in total. The van der Waals surface area contributed by atoms with Crippen molar-refractivity contribution in [3.05, 3.63) is 17.0 Å². The summed E-state index contributed by atoms with van der Waals surface area (Å²) in [6.07, 6.45) is 2.82. The molecule has 2 rings (SSSR count). The minimum absolute atomic E-state index is 0.0481. The van der Waals surface area contributed by atoms with Crippen molar-refractivity contribution < 1.29 is 9.59 Å². The van der Waals surface area contributed by atoms with Crippen molar-refractivity contribution in [3.8, 4) is 0 Å². The summed E-state index contributed by atoms with van der Waals surface area (Å²) >= 11 is 1.32. The first-order valence-corrected chi connectivity index (χ1v) is 7.83. The van der Waals surface area contributed by atoms with Crippen molar-refractivity contribution in [2.24, 2.45) is 17.6 Å². The van der Waals surface area contributed by atoms with Gasteiger partial charge >= 0.3 is 0 Å². The number of carbonyl (C=O) groups is 2. The molecule has 2 heterocycles. The molecule has 2 atom stereocenters. The minimum atomic E-state index is -0.508. The number of rotatable bonds is 5. The lowest BCUT2D eigenvalue weighted by Crippen LogP contribution is -2.34. The summed E-state index contributed by atoms with van der Waals surface area (Å²) in [4.78, 5) is 23.3. The second-order valence-electron chi connectivity index (χ2n) is 5.36. The van der Waals surface area contributed by atoms with Crippen LogP contribution in [-0.2, 0) is 4.79 Å². The van der Waals surface area contributed by atoms with Crippen LogP contribution in [0.15, 0.2) is 11.4 Å². The van der Waals surface area contributed by atoms with Crippen LogP contribution in [0.3, 0.4) is 0 Å². The predicted molar refractivity (Wildman–Crippen MR) is 80.8 cm³/mol. The molecular weight excluding hydrogens is 274 g/mol. The van der Waals surface area contributed by atoms with Crippen molar-refractivity contribution in [2.45, 2.75) is 26.2 Å². The van der Waals surface area contributed by atoms with Crippen LogP contribution >= 0.6 is 11.3 Å². The van der Waals surface area contributed by atoms with E-state index >= 15 is 0 Å². The van der Waals surface area contributed by atoms with Gasteiger partial charge in [-0.2, -0.15) is 0 Å². The number of thiophene rings is 1. The summed E-state index contributed by atoms with van der Waals surface area (Å²) in [7, 11) is 0. The predicted octanol–water partition coefficient (Wildman–Crippen LogP) is 1.81. The van der Waals surface area contributed by atoms with Crippen LogP contribution in [0.2, 0.25) is 0 Å². The Bertz CT molecular complexity index is 481. The third kappa shape index (κ3) is 3.80. The van der Waals surface area contributed by atoms with Gasteiger partial charge in [0.2, 0.25) is 5.91 Å². The number of piperidine rings is 1. The standard InChI is InChI=1S/C14H21N3O2S/c1-9(10-3-2-5-16-8-10)7-12(18)17-14-11(13(15)19)4-6-20-14/h4,6,9-10,16H,2-3,5,7-8H2,1H3,(H2,15,19)(H,17,18). The van der Waals surface area contributed by atoms with Gasteiger partial charge in [-0.15, -0.1) is 11.3 Å². The SMILES string of the molecule is CC(CC(=O)Nc1sccc1C(N)=O)C1CCCNC1. The van der Waals surface area contributed by atoms with Crippen molar-refractivity contribution in [1.82, 2.24) is 5.32 Å². The van der Waals surface area contributed by atoms with Crippen molar-refractivity contribution in [2.75, 3.05) is 18.4 Å². The maximum absolute atomic E-state index is 12.1. The molecule has 0 radical (unpaired) electrons. The first-order chi connectivity index (χ1) is 9.58. The van der Waals surface area contributed by atoms with Gasteiger partial charge in [0.25, 0.3) is 5.91 Å². The van der Waals surface area contributed by atoms with E-state index in [4.69, 9.17) is 5.73 Å². The summed E-state index contributed by atoms with van der Waals surface area (Å²) in [5.74, 6) is 0.326. The van der Waals surface area contributed by atoms with E-state index in [1.807, 2.05) is 0 Å². The second kappa shape index (κ2) is 6.85. The van der Waals surface area contributed by atoms with Crippen LogP contribution in [0, 0.1) is 11.8 Å². The van der Waals surface area contributed by atoms with Gasteiger partial charge in [0, 0.05) is 6.42 Å². The highest BCUT2D eigenvalue weighted by atomic mass is 32.1. The number of carbonyl (C=O) groups excluding carboxylic acids is 2. The Morgan fingerprint density at radius 2 is 2.40 bits per heavy atom. The van der Waals surface area contributed by atoms with Crippen LogP contribution in [0.4, 0.5) is 5.00 Å². The van der Waals surface area contributed by atoms with E-state index in [1.54, 1.807) is 11.4 Å². The Balaban J connectivity index is 1.88. The number of nitrogens with two attached hydrogens (primary N) is 1. The molecule has 0 spiro atoms. The Morgan fingerprint density at radius 3 is 3.05 bits per heavy atom. The first kappa shape index (κ1) is 15.0. The molecule has 1 aromatic rings. The van der Waals surface area contributed by atoms with Gasteiger partial charge in [-0.3, -0.25) is 9.59 Å². The van der Waals surface area contributed by atoms with Crippen LogP contribution in [0.1, 0.15) is 36.5 Å². The maximum atomic E-state index is 12.1. The Labute approximate surface area is 122 Å². The van der Waals surface area contributed by atoms with Gasteiger partial charge < -0.3 is 16.4 Å². The van der Waals surface area contributed by atoms with Gasteiger partial charge in [0.1, 0.15) is 5.00 Å². The van der Waals surface area contributed by atoms with Crippen molar-refractivity contribution in [1.29, 1.82) is 0 Å². The number of anilines is 1. The fourth-order valence-corrected chi connectivity index (χ4v) is 3.41. The number of primary amides is 1. The van der Waals surface area contributed by atoms with Gasteiger partial charge in [-0.05, 0) is 49.2 Å². The summed E-state index contributed by atoms with van der Waals surface area (Å²) in [6.45, 7) is 4.17. The molecular formula is C14H21N3O2S. The monoisotopic (exact) mass is 295 g/mol. The van der Waals surface area contributed by atoms with Crippen molar-refractivity contribution in [3.63, 3.8) is 0 Å². The molecule has 0 aromatic carbocycles. The molecule has 1 aromatic heterocycles. The lowest BCUT2D eigenvalue weighted by molar-refractivity contribution is -0.117. The zero-order valence-electron chi connectivity index (χ0n) is 11.6. The zero-order chi connectivity index (χ0) is 14.5. The minimum Gasteiger partial charge on any atom is -0.366 e. The molecule has 1 saturated heterocycles. The van der Waals surface area contributed by atoms with E-state index in [2.05, 4.69) is 17.6 Å². The Kier molecular flexibility index (Phi) is 5.14. The largest absolute Gasteiger partial charge is 0.366 e. The number of hydrogen-bond donors (Lipinski definition) is 3. The van der Waals surface area contributed by atoms with Crippen LogP contribution in [0.25, 0.3) is 0 Å². The van der Waals surface area contributed by atoms with Gasteiger partial charge in [-0.25, -0.2) is 0 Å². The molecule has 0 bridgehead atoms. The molecule has 1 aliphatic rings. The van der Waals surface area contributed by atoms with Crippen LogP contribution < -0.4 is 16.4 Å². The van der Waals surface area contributed by atoms with Crippen LogP contribution in [0.5, 0.6) is 0 Å². The fourth-order valence-electron chi connectivity index (χ4n) is 2.60. The molecule has 1 aliphatic heterocycles. The highest BCUT2D eigenvalue weighted by molar-refractivity contribution is 7.14.